The van der Waals surface area contributed by atoms with Crippen LogP contribution in [0.1, 0.15) is 20.3 Å². The summed E-state index contributed by atoms with van der Waals surface area (Å²) in [6, 6.07) is 0. The number of carboxylic acid groups (broad SMARTS) is 1. The second kappa shape index (κ2) is 4.27. The van der Waals surface area contributed by atoms with Crippen LogP contribution < -0.4 is 11.2 Å². The molecule has 0 amide bonds. The maximum Gasteiger partial charge on any atom is 0.319 e. The molecule has 1 atom stereocenters. The Bertz CT molecular complexity index is 136. The zero-order chi connectivity index (χ0) is 8.91. The molecule has 5 heteroatoms. The fraction of sp³-hybridized carbons (Fsp3) is 0.833. The van der Waals surface area contributed by atoms with Gasteiger partial charge in [0, 0.05) is 0 Å². The van der Waals surface area contributed by atoms with Gasteiger partial charge in [0.1, 0.15) is 12.3 Å². The Hall–Kier alpha value is -0.650. The van der Waals surface area contributed by atoms with Gasteiger partial charge in [0.2, 0.25) is 0 Å². The minimum atomic E-state index is -0.975. The first-order chi connectivity index (χ1) is 4.98. The highest BCUT2D eigenvalue weighted by Gasteiger charge is 2.16. The summed E-state index contributed by atoms with van der Waals surface area (Å²) in [5.74, 6) is -0.975. The summed E-state index contributed by atoms with van der Waals surface area (Å²) in [4.78, 5) is 14.8. The number of rotatable bonds is 5. The Kier molecular flexibility index (Phi) is 4.02. The van der Waals surface area contributed by atoms with Crippen LogP contribution in [-0.4, -0.2) is 23.3 Å². The van der Waals surface area contributed by atoms with Crippen molar-refractivity contribution in [2.45, 2.75) is 26.0 Å². The maximum atomic E-state index is 9.99. The Morgan fingerprint density at radius 1 is 1.82 bits per heavy atom. The number of hydroxylamine groups is 1. The van der Waals surface area contributed by atoms with E-state index in [1.54, 1.807) is 6.92 Å². The predicted octanol–water partition coefficient (Wildman–Crippen LogP) is -0.323. The van der Waals surface area contributed by atoms with E-state index in [4.69, 9.17) is 15.7 Å². The molecule has 0 radical (unpaired) electrons. The zero-order valence-corrected chi connectivity index (χ0v) is 6.76. The third-order valence-electron chi connectivity index (χ3n) is 1.23. The van der Waals surface area contributed by atoms with Crippen molar-refractivity contribution in [2.24, 2.45) is 5.73 Å². The molecule has 11 heavy (non-hydrogen) atoms. The summed E-state index contributed by atoms with van der Waals surface area (Å²) in [5.41, 5.74) is 6.98. The van der Waals surface area contributed by atoms with Crippen LogP contribution >= 0.6 is 0 Å². The van der Waals surface area contributed by atoms with Crippen LogP contribution in [0.15, 0.2) is 0 Å². The van der Waals surface area contributed by atoms with Crippen molar-refractivity contribution in [2.75, 3.05) is 6.54 Å². The number of hydrogen-bond acceptors (Lipinski definition) is 4. The molecule has 0 aliphatic carbocycles. The van der Waals surface area contributed by atoms with Gasteiger partial charge in [0.05, 0.1) is 0 Å². The van der Waals surface area contributed by atoms with E-state index in [2.05, 4.69) is 5.48 Å². The molecule has 0 heterocycles. The number of aliphatic carboxylic acids is 1. The number of nitrogens with one attached hydrogen (secondary N) is 1. The van der Waals surface area contributed by atoms with E-state index in [9.17, 15) is 4.79 Å². The molecular weight excluding hydrogens is 148 g/mol. The summed E-state index contributed by atoms with van der Waals surface area (Å²) in [7, 11) is 0. The molecule has 0 aromatic heterocycles. The van der Waals surface area contributed by atoms with Crippen LogP contribution in [-0.2, 0) is 9.63 Å². The van der Waals surface area contributed by atoms with Gasteiger partial charge in [0.25, 0.3) is 0 Å². The molecule has 66 valence electrons. The Morgan fingerprint density at radius 2 is 2.36 bits per heavy atom. The first-order valence-corrected chi connectivity index (χ1v) is 3.39. The normalized spacial score (nSPS) is 15.9. The van der Waals surface area contributed by atoms with Gasteiger partial charge in [0.15, 0.2) is 0 Å². The number of nitrogens with two attached hydrogens (primary N) is 1. The van der Waals surface area contributed by atoms with E-state index in [0.717, 1.165) is 0 Å². The number of hydrogen-bond donors (Lipinski definition) is 3. The van der Waals surface area contributed by atoms with E-state index in [0.29, 0.717) is 6.42 Å². The molecule has 0 aromatic rings. The monoisotopic (exact) mass is 162 g/mol. The topological polar surface area (TPSA) is 84.6 Å². The fourth-order valence-electron chi connectivity index (χ4n) is 0.335. The van der Waals surface area contributed by atoms with E-state index in [1.165, 1.54) is 0 Å². The van der Waals surface area contributed by atoms with Crippen molar-refractivity contribution in [3.05, 3.63) is 0 Å². The van der Waals surface area contributed by atoms with Crippen molar-refractivity contribution in [3.8, 4) is 0 Å². The summed E-state index contributed by atoms with van der Waals surface area (Å²) in [6.45, 7) is 3.27. The third-order valence-corrected chi connectivity index (χ3v) is 1.23. The molecule has 0 aliphatic heterocycles. The Labute approximate surface area is 65.5 Å². The largest absolute Gasteiger partial charge is 0.480 e. The molecule has 0 rings (SSSR count). The quantitative estimate of drug-likeness (QED) is 0.381. The van der Waals surface area contributed by atoms with Gasteiger partial charge in [-0.1, -0.05) is 6.92 Å². The molecule has 1 unspecified atom stereocenters. The van der Waals surface area contributed by atoms with Gasteiger partial charge in [-0.15, -0.1) is 0 Å². The standard InChI is InChI=1S/C6H14N2O3/c1-3-6(2,7)11-8-4-5(9)10/h8H,3-4,7H2,1-2H3,(H,9,10). The van der Waals surface area contributed by atoms with Crippen LogP contribution in [0, 0.1) is 0 Å². The summed E-state index contributed by atoms with van der Waals surface area (Å²) >= 11 is 0. The number of carbonyl (C=O) groups is 1. The van der Waals surface area contributed by atoms with Crippen LogP contribution in [0.5, 0.6) is 0 Å². The molecule has 4 N–H and O–H groups in total. The Morgan fingerprint density at radius 3 is 2.73 bits per heavy atom. The fourth-order valence-corrected chi connectivity index (χ4v) is 0.335. The van der Waals surface area contributed by atoms with Crippen molar-refractivity contribution >= 4 is 5.97 Å². The van der Waals surface area contributed by atoms with Crippen LogP contribution in [0.4, 0.5) is 0 Å². The zero-order valence-electron chi connectivity index (χ0n) is 6.76. The van der Waals surface area contributed by atoms with Gasteiger partial charge < -0.3 is 10.8 Å². The average molecular weight is 162 g/mol. The predicted molar refractivity (Wildman–Crippen MR) is 39.6 cm³/mol. The van der Waals surface area contributed by atoms with Crippen LogP contribution in [0.25, 0.3) is 0 Å². The summed E-state index contributed by atoms with van der Waals surface area (Å²) in [6.07, 6.45) is 0.611. The van der Waals surface area contributed by atoms with E-state index in [-0.39, 0.29) is 6.54 Å². The second-order valence-corrected chi connectivity index (χ2v) is 2.48. The van der Waals surface area contributed by atoms with Gasteiger partial charge >= 0.3 is 5.97 Å². The minimum absolute atomic E-state index is 0.243. The molecule has 0 spiro atoms. The highest BCUT2D eigenvalue weighted by atomic mass is 16.7. The van der Waals surface area contributed by atoms with E-state index < -0.39 is 11.7 Å². The van der Waals surface area contributed by atoms with Crippen molar-refractivity contribution in [1.82, 2.24) is 5.48 Å². The lowest BCUT2D eigenvalue weighted by Crippen LogP contribution is -2.44. The highest BCUT2D eigenvalue weighted by molar-refractivity contribution is 5.68. The molecule has 0 bridgehead atoms. The molecule has 5 nitrogen and oxygen atoms in total. The first-order valence-electron chi connectivity index (χ1n) is 3.39. The SMILES string of the molecule is CCC(C)(N)ONCC(=O)O. The molecule has 0 saturated carbocycles. The van der Waals surface area contributed by atoms with Gasteiger partial charge in [-0.3, -0.25) is 9.63 Å². The Balaban J connectivity index is 3.45. The average Bonchev–Trinajstić information content (AvgIpc) is 1.87. The summed E-state index contributed by atoms with van der Waals surface area (Å²) < 4.78 is 0. The molecule has 0 aromatic carbocycles. The van der Waals surface area contributed by atoms with Gasteiger partial charge in [-0.25, -0.2) is 0 Å². The van der Waals surface area contributed by atoms with Crippen LogP contribution in [0.3, 0.4) is 0 Å². The number of carboxylic acids is 1. The lowest BCUT2D eigenvalue weighted by atomic mass is 10.2. The van der Waals surface area contributed by atoms with Gasteiger partial charge in [-0.05, 0) is 13.3 Å². The molecule has 0 aliphatic rings. The van der Waals surface area contributed by atoms with Crippen molar-refractivity contribution < 1.29 is 14.7 Å². The minimum Gasteiger partial charge on any atom is -0.480 e. The first kappa shape index (κ1) is 10.3. The molecular formula is C6H14N2O3. The maximum absolute atomic E-state index is 9.99. The van der Waals surface area contributed by atoms with E-state index >= 15 is 0 Å². The molecule has 0 saturated heterocycles. The molecule has 0 fully saturated rings. The van der Waals surface area contributed by atoms with Crippen molar-refractivity contribution in [3.63, 3.8) is 0 Å². The van der Waals surface area contributed by atoms with Gasteiger partial charge in [-0.2, -0.15) is 5.48 Å². The third kappa shape index (κ3) is 5.78. The summed E-state index contributed by atoms with van der Waals surface area (Å²) in [5, 5.41) is 8.20. The smallest absolute Gasteiger partial charge is 0.319 e. The van der Waals surface area contributed by atoms with Crippen LogP contribution in [0.2, 0.25) is 0 Å². The second-order valence-electron chi connectivity index (χ2n) is 2.48. The highest BCUT2D eigenvalue weighted by Crippen LogP contribution is 2.02. The van der Waals surface area contributed by atoms with Crippen molar-refractivity contribution in [1.29, 1.82) is 0 Å². The lowest BCUT2D eigenvalue weighted by molar-refractivity contribution is -0.144. The van der Waals surface area contributed by atoms with E-state index in [1.807, 2.05) is 6.92 Å². The lowest BCUT2D eigenvalue weighted by Gasteiger charge is -2.22.